The van der Waals surface area contributed by atoms with Gasteiger partial charge in [-0.05, 0) is 6.07 Å². The first-order chi connectivity index (χ1) is 6.75. The summed E-state index contributed by atoms with van der Waals surface area (Å²) in [5.41, 5.74) is 0.503. The molecule has 14 heavy (non-hydrogen) atoms. The van der Waals surface area contributed by atoms with Crippen molar-refractivity contribution in [2.75, 3.05) is 6.54 Å². The SMILES string of the molecule is N#CCCNCc1cccc(F)c1O. The number of halogens is 1. The highest BCUT2D eigenvalue weighted by molar-refractivity contribution is 5.33. The van der Waals surface area contributed by atoms with Gasteiger partial charge < -0.3 is 10.4 Å². The maximum Gasteiger partial charge on any atom is 0.165 e. The van der Waals surface area contributed by atoms with E-state index in [2.05, 4.69) is 5.32 Å². The molecule has 0 amide bonds. The van der Waals surface area contributed by atoms with Crippen LogP contribution in [0.4, 0.5) is 4.39 Å². The van der Waals surface area contributed by atoms with Crippen LogP contribution in [0.3, 0.4) is 0 Å². The predicted octanol–water partition coefficient (Wildman–Crippen LogP) is 1.53. The topological polar surface area (TPSA) is 56.0 Å². The van der Waals surface area contributed by atoms with Gasteiger partial charge in [0.15, 0.2) is 11.6 Å². The first-order valence-electron chi connectivity index (χ1n) is 4.29. The number of benzene rings is 1. The third kappa shape index (κ3) is 2.71. The molecule has 0 unspecified atom stereocenters. The van der Waals surface area contributed by atoms with Gasteiger partial charge in [-0.1, -0.05) is 12.1 Å². The molecule has 3 nitrogen and oxygen atoms in total. The lowest BCUT2D eigenvalue weighted by Gasteiger charge is -2.05. The first-order valence-corrected chi connectivity index (χ1v) is 4.29. The van der Waals surface area contributed by atoms with E-state index in [0.29, 0.717) is 25.1 Å². The second kappa shape index (κ2) is 5.20. The van der Waals surface area contributed by atoms with Gasteiger partial charge in [0.25, 0.3) is 0 Å². The van der Waals surface area contributed by atoms with E-state index in [4.69, 9.17) is 5.26 Å². The predicted molar refractivity (Wildman–Crippen MR) is 50.0 cm³/mol. The van der Waals surface area contributed by atoms with E-state index in [-0.39, 0.29) is 5.75 Å². The Morgan fingerprint density at radius 1 is 1.50 bits per heavy atom. The molecule has 0 bridgehead atoms. The van der Waals surface area contributed by atoms with Crippen LogP contribution in [0.2, 0.25) is 0 Å². The van der Waals surface area contributed by atoms with Gasteiger partial charge in [-0.3, -0.25) is 0 Å². The van der Waals surface area contributed by atoms with Crippen LogP contribution < -0.4 is 5.32 Å². The molecule has 0 aliphatic carbocycles. The van der Waals surface area contributed by atoms with Crippen LogP contribution in [-0.4, -0.2) is 11.7 Å². The molecule has 4 heteroatoms. The highest BCUT2D eigenvalue weighted by Crippen LogP contribution is 2.19. The van der Waals surface area contributed by atoms with Gasteiger partial charge in [0.1, 0.15) is 0 Å². The Kier molecular flexibility index (Phi) is 3.89. The Morgan fingerprint density at radius 2 is 2.29 bits per heavy atom. The summed E-state index contributed by atoms with van der Waals surface area (Å²) in [6.45, 7) is 0.901. The van der Waals surface area contributed by atoms with E-state index in [1.54, 1.807) is 6.07 Å². The largest absolute Gasteiger partial charge is 0.505 e. The fourth-order valence-electron chi connectivity index (χ4n) is 1.07. The number of nitrogens with one attached hydrogen (secondary N) is 1. The van der Waals surface area contributed by atoms with Crippen LogP contribution in [0, 0.1) is 17.1 Å². The van der Waals surface area contributed by atoms with E-state index in [1.165, 1.54) is 12.1 Å². The Morgan fingerprint density at radius 3 is 3.00 bits per heavy atom. The summed E-state index contributed by atoms with van der Waals surface area (Å²) in [6, 6.07) is 6.36. The minimum Gasteiger partial charge on any atom is -0.505 e. The summed E-state index contributed by atoms with van der Waals surface area (Å²) >= 11 is 0. The molecule has 0 aliphatic heterocycles. The molecule has 0 aliphatic rings. The molecule has 0 saturated carbocycles. The molecule has 0 spiro atoms. The van der Waals surface area contributed by atoms with Crippen LogP contribution in [-0.2, 0) is 6.54 Å². The zero-order chi connectivity index (χ0) is 10.4. The molecule has 0 fully saturated rings. The molecule has 2 N–H and O–H groups in total. The van der Waals surface area contributed by atoms with Gasteiger partial charge in [-0.2, -0.15) is 5.26 Å². The van der Waals surface area contributed by atoms with Crippen LogP contribution in [0.5, 0.6) is 5.75 Å². The summed E-state index contributed by atoms with van der Waals surface area (Å²) < 4.78 is 12.8. The highest BCUT2D eigenvalue weighted by Gasteiger charge is 2.04. The van der Waals surface area contributed by atoms with Crippen molar-refractivity contribution in [3.8, 4) is 11.8 Å². The number of phenolic OH excluding ortho intramolecular Hbond substituents is 1. The smallest absolute Gasteiger partial charge is 0.165 e. The minimum absolute atomic E-state index is 0.322. The van der Waals surface area contributed by atoms with Crippen LogP contribution >= 0.6 is 0 Å². The van der Waals surface area contributed by atoms with Crippen molar-refractivity contribution in [3.63, 3.8) is 0 Å². The number of phenols is 1. The van der Waals surface area contributed by atoms with Gasteiger partial charge >= 0.3 is 0 Å². The number of aromatic hydroxyl groups is 1. The maximum absolute atomic E-state index is 12.8. The van der Waals surface area contributed by atoms with Crippen molar-refractivity contribution in [3.05, 3.63) is 29.6 Å². The fourth-order valence-corrected chi connectivity index (χ4v) is 1.07. The average molecular weight is 194 g/mol. The molecule has 0 saturated heterocycles. The molecule has 1 aromatic carbocycles. The Bertz CT molecular complexity index is 346. The number of hydrogen-bond donors (Lipinski definition) is 2. The number of nitrogens with zero attached hydrogens (tertiary/aromatic N) is 1. The van der Waals surface area contributed by atoms with Crippen molar-refractivity contribution in [2.45, 2.75) is 13.0 Å². The number of nitriles is 1. The normalized spacial score (nSPS) is 9.71. The van der Waals surface area contributed by atoms with Gasteiger partial charge in [0, 0.05) is 25.1 Å². The zero-order valence-electron chi connectivity index (χ0n) is 7.63. The Hall–Kier alpha value is -1.60. The Balaban J connectivity index is 2.51. The number of hydrogen-bond acceptors (Lipinski definition) is 3. The van der Waals surface area contributed by atoms with Crippen molar-refractivity contribution in [1.29, 1.82) is 5.26 Å². The molecule has 0 radical (unpaired) electrons. The quantitative estimate of drug-likeness (QED) is 0.715. The highest BCUT2D eigenvalue weighted by atomic mass is 19.1. The summed E-state index contributed by atoms with van der Waals surface area (Å²) in [6.07, 6.45) is 0.399. The fraction of sp³-hybridized carbons (Fsp3) is 0.300. The first kappa shape index (κ1) is 10.5. The molecular weight excluding hydrogens is 183 g/mol. The third-order valence-corrected chi connectivity index (χ3v) is 1.80. The maximum atomic E-state index is 12.8. The lowest BCUT2D eigenvalue weighted by molar-refractivity contribution is 0.423. The summed E-state index contributed by atoms with van der Waals surface area (Å²) in [7, 11) is 0. The van der Waals surface area contributed by atoms with Crippen molar-refractivity contribution >= 4 is 0 Å². The summed E-state index contributed by atoms with van der Waals surface area (Å²) in [4.78, 5) is 0. The van der Waals surface area contributed by atoms with Crippen molar-refractivity contribution < 1.29 is 9.50 Å². The van der Waals surface area contributed by atoms with Crippen molar-refractivity contribution in [1.82, 2.24) is 5.32 Å². The Labute approximate surface area is 81.8 Å². The summed E-state index contributed by atoms with van der Waals surface area (Å²) in [5, 5.41) is 20.5. The molecule has 1 rings (SSSR count). The van der Waals surface area contributed by atoms with Crippen LogP contribution in [0.1, 0.15) is 12.0 Å². The number of rotatable bonds is 4. The van der Waals surface area contributed by atoms with Crippen LogP contribution in [0.25, 0.3) is 0 Å². The minimum atomic E-state index is -0.621. The molecule has 0 aromatic heterocycles. The van der Waals surface area contributed by atoms with Gasteiger partial charge in [-0.15, -0.1) is 0 Å². The van der Waals surface area contributed by atoms with E-state index in [1.807, 2.05) is 6.07 Å². The molecule has 1 aromatic rings. The van der Waals surface area contributed by atoms with Gasteiger partial charge in [0.05, 0.1) is 6.07 Å². The second-order valence-corrected chi connectivity index (χ2v) is 2.83. The second-order valence-electron chi connectivity index (χ2n) is 2.83. The van der Waals surface area contributed by atoms with Gasteiger partial charge in [0.2, 0.25) is 0 Å². The standard InChI is InChI=1S/C10H11FN2O/c11-9-4-1-3-8(10(9)14)7-13-6-2-5-12/h1,3-4,13-14H,2,6-7H2. The van der Waals surface area contributed by atoms with E-state index in [9.17, 15) is 9.50 Å². The van der Waals surface area contributed by atoms with Crippen LogP contribution in [0.15, 0.2) is 18.2 Å². The van der Waals surface area contributed by atoms with E-state index in [0.717, 1.165) is 0 Å². The summed E-state index contributed by atoms with van der Waals surface area (Å²) in [5.74, 6) is -0.943. The van der Waals surface area contributed by atoms with Crippen molar-refractivity contribution in [2.24, 2.45) is 0 Å². The molecule has 0 heterocycles. The average Bonchev–Trinajstić information content (AvgIpc) is 2.19. The van der Waals surface area contributed by atoms with E-state index < -0.39 is 5.82 Å². The number of para-hydroxylation sites is 1. The molecule has 0 atom stereocenters. The monoisotopic (exact) mass is 194 g/mol. The van der Waals surface area contributed by atoms with Gasteiger partial charge in [-0.25, -0.2) is 4.39 Å². The lowest BCUT2D eigenvalue weighted by Crippen LogP contribution is -2.14. The molecule has 74 valence electrons. The molecular formula is C10H11FN2O. The van der Waals surface area contributed by atoms with E-state index >= 15 is 0 Å². The lowest BCUT2D eigenvalue weighted by atomic mass is 10.2. The zero-order valence-corrected chi connectivity index (χ0v) is 7.63. The third-order valence-electron chi connectivity index (χ3n) is 1.80.